The molecule has 5 nitrogen and oxygen atoms in total. The van der Waals surface area contributed by atoms with Crippen LogP contribution < -0.4 is 0 Å². The van der Waals surface area contributed by atoms with E-state index in [-0.39, 0.29) is 15.2 Å². The maximum absolute atomic E-state index is 12.3. The molecular weight excluding hydrogens is 314 g/mol. The van der Waals surface area contributed by atoms with Gasteiger partial charge in [-0.15, -0.1) is 11.3 Å². The molecule has 98 valence electrons. The van der Waals surface area contributed by atoms with Crippen LogP contribution in [0.25, 0.3) is 0 Å². The van der Waals surface area contributed by atoms with Gasteiger partial charge >= 0.3 is 0 Å². The minimum atomic E-state index is -3.56. The largest absolute Gasteiger partial charge is 0.254 e. The fourth-order valence-electron chi connectivity index (χ4n) is 1.36. The van der Waals surface area contributed by atoms with Crippen LogP contribution in [0, 0.1) is 6.92 Å². The normalized spacial score (nSPS) is 12.2. The zero-order valence-corrected chi connectivity index (χ0v) is 12.8. The lowest BCUT2D eigenvalue weighted by atomic mass is 10.5. The average Bonchev–Trinajstić information content (AvgIpc) is 2.88. The van der Waals surface area contributed by atoms with Crippen LogP contribution >= 0.6 is 34.3 Å². The number of thiazole rings is 2. The quantitative estimate of drug-likeness (QED) is 0.866. The lowest BCUT2D eigenvalue weighted by molar-refractivity contribution is 0.464. The highest BCUT2D eigenvalue weighted by molar-refractivity contribution is 7.91. The molecule has 0 aliphatic carbocycles. The molecule has 0 bridgehead atoms. The molecule has 0 unspecified atom stereocenters. The van der Waals surface area contributed by atoms with Gasteiger partial charge in [0, 0.05) is 12.4 Å². The molecule has 9 heteroatoms. The van der Waals surface area contributed by atoms with Gasteiger partial charge in [-0.05, 0) is 6.92 Å². The van der Waals surface area contributed by atoms with Crippen molar-refractivity contribution < 1.29 is 8.42 Å². The summed E-state index contributed by atoms with van der Waals surface area (Å²) >= 11 is 8.13. The maximum atomic E-state index is 12.3. The first-order chi connectivity index (χ1) is 8.41. The van der Waals surface area contributed by atoms with Crippen LogP contribution in [0.15, 0.2) is 15.1 Å². The van der Waals surface area contributed by atoms with Crippen LogP contribution in [0.1, 0.15) is 11.4 Å². The highest BCUT2D eigenvalue weighted by Gasteiger charge is 2.26. The third kappa shape index (κ3) is 2.72. The average molecular weight is 324 g/mol. The van der Waals surface area contributed by atoms with Gasteiger partial charge in [0.1, 0.15) is 0 Å². The van der Waals surface area contributed by atoms with Gasteiger partial charge in [0.05, 0.1) is 23.4 Å². The second-order valence-electron chi connectivity index (χ2n) is 3.58. The van der Waals surface area contributed by atoms with Crippen LogP contribution in [0.3, 0.4) is 0 Å². The molecule has 0 fully saturated rings. The van der Waals surface area contributed by atoms with Gasteiger partial charge in [-0.2, -0.15) is 4.31 Å². The van der Waals surface area contributed by atoms with Crippen molar-refractivity contribution in [2.75, 3.05) is 7.05 Å². The van der Waals surface area contributed by atoms with E-state index < -0.39 is 10.0 Å². The topological polar surface area (TPSA) is 63.2 Å². The maximum Gasteiger partial charge on any atom is 0.254 e. The van der Waals surface area contributed by atoms with Crippen molar-refractivity contribution in [3.8, 4) is 0 Å². The van der Waals surface area contributed by atoms with Crippen LogP contribution in [-0.4, -0.2) is 29.7 Å². The van der Waals surface area contributed by atoms with Crippen molar-refractivity contribution in [1.82, 2.24) is 14.3 Å². The predicted octanol–water partition coefficient (Wildman–Crippen LogP) is 2.38. The van der Waals surface area contributed by atoms with Crippen molar-refractivity contribution in [2.45, 2.75) is 17.7 Å². The van der Waals surface area contributed by atoms with Crippen molar-refractivity contribution in [3.63, 3.8) is 0 Å². The van der Waals surface area contributed by atoms with Crippen molar-refractivity contribution in [3.05, 3.63) is 26.7 Å². The summed E-state index contributed by atoms with van der Waals surface area (Å²) in [6.45, 7) is 1.87. The Morgan fingerprint density at radius 1 is 1.50 bits per heavy atom. The highest BCUT2D eigenvalue weighted by Crippen LogP contribution is 2.29. The molecule has 0 spiro atoms. The Labute approximate surface area is 118 Å². The first kappa shape index (κ1) is 13.9. The van der Waals surface area contributed by atoms with Crippen molar-refractivity contribution in [1.29, 1.82) is 0 Å². The van der Waals surface area contributed by atoms with Crippen molar-refractivity contribution in [2.24, 2.45) is 0 Å². The highest BCUT2D eigenvalue weighted by atomic mass is 35.5. The Hall–Kier alpha value is -0.540. The summed E-state index contributed by atoms with van der Waals surface area (Å²) in [6.07, 6.45) is 0. The number of nitrogens with zero attached hydrogens (tertiary/aromatic N) is 3. The zero-order valence-electron chi connectivity index (χ0n) is 9.62. The van der Waals surface area contributed by atoms with Gasteiger partial charge in [-0.25, -0.2) is 18.4 Å². The molecule has 0 amide bonds. The molecule has 2 aromatic rings. The van der Waals surface area contributed by atoms with E-state index in [1.807, 2.05) is 5.38 Å². The van der Waals surface area contributed by atoms with Crippen LogP contribution in [-0.2, 0) is 16.6 Å². The van der Waals surface area contributed by atoms with E-state index in [1.165, 1.54) is 22.7 Å². The smallest absolute Gasteiger partial charge is 0.248 e. The van der Waals surface area contributed by atoms with Crippen LogP contribution in [0.2, 0.25) is 4.47 Å². The van der Waals surface area contributed by atoms with E-state index in [2.05, 4.69) is 9.97 Å². The molecule has 0 saturated heterocycles. The Kier molecular flexibility index (Phi) is 4.02. The summed E-state index contributed by atoms with van der Waals surface area (Å²) in [7, 11) is -2.04. The molecule has 2 heterocycles. The van der Waals surface area contributed by atoms with Crippen LogP contribution in [0.4, 0.5) is 0 Å². The first-order valence-corrected chi connectivity index (χ1v) is 8.45. The molecular formula is C9H10ClN3O2S3. The summed E-state index contributed by atoms with van der Waals surface area (Å²) < 4.78 is 26.3. The molecule has 2 rings (SSSR count). The zero-order chi connectivity index (χ0) is 13.3. The minimum Gasteiger partial charge on any atom is -0.248 e. The Bertz CT molecular complexity index is 636. The van der Waals surface area contributed by atoms with Crippen LogP contribution in [0.5, 0.6) is 0 Å². The van der Waals surface area contributed by atoms with E-state index in [0.29, 0.717) is 5.69 Å². The predicted molar refractivity (Wildman–Crippen MR) is 72.6 cm³/mol. The monoisotopic (exact) mass is 323 g/mol. The van der Waals surface area contributed by atoms with Gasteiger partial charge < -0.3 is 0 Å². The third-order valence-corrected chi connectivity index (χ3v) is 6.53. The fraction of sp³-hybridized carbons (Fsp3) is 0.333. The van der Waals surface area contributed by atoms with Gasteiger partial charge in [0.15, 0.2) is 8.68 Å². The standard InChI is InChI=1S/C9H10ClN3O2S3/c1-6-8(17-9(10)12-6)18(14,15)13(2)3-7-4-16-5-11-7/h4-5H,3H2,1-2H3. The minimum absolute atomic E-state index is 0.185. The SMILES string of the molecule is Cc1nc(Cl)sc1S(=O)(=O)N(C)Cc1cscn1. The number of hydrogen-bond donors (Lipinski definition) is 0. The number of aryl methyl sites for hydroxylation is 1. The summed E-state index contributed by atoms with van der Waals surface area (Å²) in [4.78, 5) is 7.99. The molecule has 0 aromatic carbocycles. The fourth-order valence-corrected chi connectivity index (χ4v) is 4.98. The summed E-state index contributed by atoms with van der Waals surface area (Å²) in [6, 6.07) is 0. The Balaban J connectivity index is 2.28. The summed E-state index contributed by atoms with van der Waals surface area (Å²) in [5.41, 5.74) is 2.82. The number of hydrogen-bond acceptors (Lipinski definition) is 6. The molecule has 0 radical (unpaired) electrons. The second kappa shape index (κ2) is 5.22. The second-order valence-corrected chi connectivity index (χ2v) is 8.12. The van der Waals surface area contributed by atoms with E-state index in [9.17, 15) is 8.42 Å². The number of halogens is 1. The third-order valence-electron chi connectivity index (χ3n) is 2.24. The number of aromatic nitrogens is 2. The van der Waals surface area contributed by atoms with Crippen molar-refractivity contribution >= 4 is 44.3 Å². The summed E-state index contributed by atoms with van der Waals surface area (Å²) in [5.74, 6) is 0. The van der Waals surface area contributed by atoms with E-state index in [0.717, 1.165) is 17.0 Å². The Morgan fingerprint density at radius 2 is 2.22 bits per heavy atom. The van der Waals surface area contributed by atoms with Gasteiger partial charge in [0.2, 0.25) is 0 Å². The van der Waals surface area contributed by atoms with E-state index >= 15 is 0 Å². The van der Waals surface area contributed by atoms with E-state index in [1.54, 1.807) is 12.4 Å². The lowest BCUT2D eigenvalue weighted by Crippen LogP contribution is -2.26. The molecule has 2 aromatic heterocycles. The van der Waals surface area contributed by atoms with Gasteiger partial charge in [-0.3, -0.25) is 0 Å². The molecule has 0 atom stereocenters. The first-order valence-electron chi connectivity index (χ1n) is 4.87. The molecule has 0 saturated carbocycles. The molecule has 0 aliphatic heterocycles. The Morgan fingerprint density at radius 3 is 2.72 bits per heavy atom. The van der Waals surface area contributed by atoms with Gasteiger partial charge in [-0.1, -0.05) is 22.9 Å². The summed E-state index contributed by atoms with van der Waals surface area (Å²) in [5, 5.41) is 1.82. The van der Waals surface area contributed by atoms with Gasteiger partial charge in [0.25, 0.3) is 10.0 Å². The number of sulfonamides is 1. The lowest BCUT2D eigenvalue weighted by Gasteiger charge is -2.14. The molecule has 0 N–H and O–H groups in total. The molecule has 0 aliphatic rings. The number of rotatable bonds is 4. The molecule has 18 heavy (non-hydrogen) atoms. The van der Waals surface area contributed by atoms with E-state index in [4.69, 9.17) is 11.6 Å².